The molecule has 0 atom stereocenters. The van der Waals surface area contributed by atoms with E-state index in [-0.39, 0.29) is 6.07 Å². The van der Waals surface area contributed by atoms with Gasteiger partial charge in [-0.2, -0.15) is 0 Å². The van der Waals surface area contributed by atoms with Crippen LogP contribution in [0.3, 0.4) is 0 Å². The van der Waals surface area contributed by atoms with Crippen molar-refractivity contribution in [3.8, 4) is 0 Å². The van der Waals surface area contributed by atoms with E-state index in [0.29, 0.717) is 5.56 Å². The number of alkyl halides is 1. The molecule has 1 aromatic carbocycles. The summed E-state index contributed by atoms with van der Waals surface area (Å²) in [6, 6.07) is 6.90. The fourth-order valence-electron chi connectivity index (χ4n) is 0.765. The maximum Gasteiger partial charge on any atom is 0.248 e. The van der Waals surface area contributed by atoms with Crippen molar-refractivity contribution in [1.29, 1.82) is 0 Å². The van der Waals surface area contributed by atoms with Gasteiger partial charge in [-0.3, -0.25) is 8.98 Å². The summed E-state index contributed by atoms with van der Waals surface area (Å²) in [5.41, 5.74) is 5.55. The summed E-state index contributed by atoms with van der Waals surface area (Å²) in [6.07, 6.45) is 0. The Kier molecular flexibility index (Phi) is 4.08. The molecule has 1 aromatic rings. The zero-order chi connectivity index (χ0) is 9.68. The summed E-state index contributed by atoms with van der Waals surface area (Å²) in [6.45, 7) is 0. The van der Waals surface area contributed by atoms with Crippen molar-refractivity contribution in [3.05, 3.63) is 29.8 Å². The fraction of sp³-hybridized carbons (Fsp3) is 0.125. The lowest BCUT2D eigenvalue weighted by Gasteiger charge is -1.99. The molecule has 1 amide bonds. The highest BCUT2D eigenvalue weighted by molar-refractivity contribution is 7.94. The summed E-state index contributed by atoms with van der Waals surface area (Å²) in [5, 5.41) is 0. The predicted molar refractivity (Wildman–Crippen MR) is 52.6 cm³/mol. The van der Waals surface area contributed by atoms with Crippen molar-refractivity contribution in [2.24, 2.45) is 5.73 Å². The van der Waals surface area contributed by atoms with Crippen LogP contribution in [-0.2, 0) is 4.18 Å². The lowest BCUT2D eigenvalue weighted by atomic mass is 10.2. The van der Waals surface area contributed by atoms with Gasteiger partial charge in [-0.15, -0.1) is 0 Å². The molecular formula is C8H8ClNO2S. The number of primary amides is 1. The van der Waals surface area contributed by atoms with Gasteiger partial charge < -0.3 is 5.73 Å². The molecule has 0 spiro atoms. The molecule has 0 aromatic heterocycles. The predicted octanol–water partition coefficient (Wildman–Crippen LogP) is 2.01. The quantitative estimate of drug-likeness (QED) is 0.620. The number of halogens is 1. The third kappa shape index (κ3) is 3.26. The Balaban J connectivity index is 2.64. The van der Waals surface area contributed by atoms with Gasteiger partial charge in [0.25, 0.3) is 0 Å². The van der Waals surface area contributed by atoms with E-state index in [2.05, 4.69) is 0 Å². The summed E-state index contributed by atoms with van der Waals surface area (Å²) in [4.78, 5) is 11.6. The van der Waals surface area contributed by atoms with Crippen LogP contribution >= 0.6 is 23.6 Å². The van der Waals surface area contributed by atoms with Crippen LogP contribution in [0.1, 0.15) is 10.4 Å². The van der Waals surface area contributed by atoms with Gasteiger partial charge in [0.1, 0.15) is 6.07 Å². The molecule has 0 aliphatic heterocycles. The zero-order valence-electron chi connectivity index (χ0n) is 6.70. The minimum absolute atomic E-state index is 0.127. The summed E-state index contributed by atoms with van der Waals surface area (Å²) >= 11 is 6.47. The van der Waals surface area contributed by atoms with Gasteiger partial charge in [0.15, 0.2) is 0 Å². The number of amides is 1. The monoisotopic (exact) mass is 217 g/mol. The average molecular weight is 218 g/mol. The first-order valence-corrected chi connectivity index (χ1v) is 4.77. The van der Waals surface area contributed by atoms with Crippen molar-refractivity contribution in [2.45, 2.75) is 4.90 Å². The Hall–Kier alpha value is -0.710. The fourth-order valence-corrected chi connectivity index (χ4v) is 1.33. The maximum atomic E-state index is 10.7. The summed E-state index contributed by atoms with van der Waals surface area (Å²) < 4.78 is 4.89. The van der Waals surface area contributed by atoms with Gasteiger partial charge in [-0.1, -0.05) is 11.6 Å². The van der Waals surface area contributed by atoms with Crippen molar-refractivity contribution in [3.63, 3.8) is 0 Å². The first-order chi connectivity index (χ1) is 6.24. The third-order valence-corrected chi connectivity index (χ3v) is 2.28. The van der Waals surface area contributed by atoms with E-state index in [0.717, 1.165) is 16.9 Å². The van der Waals surface area contributed by atoms with E-state index >= 15 is 0 Å². The molecule has 2 N–H and O–H groups in total. The Morgan fingerprint density at radius 3 is 2.54 bits per heavy atom. The second-order valence-corrected chi connectivity index (χ2v) is 3.29. The van der Waals surface area contributed by atoms with Crippen LogP contribution < -0.4 is 5.73 Å². The maximum absolute atomic E-state index is 10.7. The lowest BCUT2D eigenvalue weighted by Crippen LogP contribution is -2.10. The van der Waals surface area contributed by atoms with Crippen LogP contribution in [0.15, 0.2) is 29.2 Å². The normalized spacial score (nSPS) is 9.92. The van der Waals surface area contributed by atoms with Crippen molar-refractivity contribution in [1.82, 2.24) is 0 Å². The highest BCUT2D eigenvalue weighted by Crippen LogP contribution is 2.19. The molecule has 13 heavy (non-hydrogen) atoms. The Labute approximate surface area is 85.4 Å². The molecule has 0 saturated carbocycles. The molecule has 70 valence electrons. The third-order valence-electron chi connectivity index (χ3n) is 1.34. The molecule has 0 unspecified atom stereocenters. The Bertz CT molecular complexity index is 289. The Morgan fingerprint density at radius 1 is 1.46 bits per heavy atom. The van der Waals surface area contributed by atoms with Gasteiger partial charge >= 0.3 is 0 Å². The van der Waals surface area contributed by atoms with E-state index in [4.69, 9.17) is 21.5 Å². The van der Waals surface area contributed by atoms with Gasteiger partial charge in [0.2, 0.25) is 5.91 Å². The molecule has 0 fully saturated rings. The minimum Gasteiger partial charge on any atom is -0.366 e. The highest BCUT2D eigenvalue weighted by atomic mass is 35.5. The molecule has 0 aliphatic rings. The van der Waals surface area contributed by atoms with Crippen LogP contribution in [0, 0.1) is 0 Å². The standard InChI is InChI=1S/C8H8ClNO2S/c9-5-12-13-7-3-1-6(2-4-7)8(10)11/h1-4H,5H2,(H2,10,11). The second kappa shape index (κ2) is 5.11. The molecule has 1 rings (SSSR count). The summed E-state index contributed by atoms with van der Waals surface area (Å²) in [7, 11) is 0. The summed E-state index contributed by atoms with van der Waals surface area (Å²) in [5.74, 6) is -0.435. The molecule has 0 heterocycles. The largest absolute Gasteiger partial charge is 0.366 e. The first-order valence-electron chi connectivity index (χ1n) is 3.49. The average Bonchev–Trinajstić information content (AvgIpc) is 2.15. The van der Waals surface area contributed by atoms with E-state index in [1.807, 2.05) is 0 Å². The van der Waals surface area contributed by atoms with Crippen LogP contribution in [-0.4, -0.2) is 12.0 Å². The second-order valence-electron chi connectivity index (χ2n) is 2.20. The number of carbonyl (C=O) groups is 1. The van der Waals surface area contributed by atoms with Crippen LogP contribution in [0.4, 0.5) is 0 Å². The van der Waals surface area contributed by atoms with Crippen LogP contribution in [0.25, 0.3) is 0 Å². The molecule has 5 heteroatoms. The smallest absolute Gasteiger partial charge is 0.248 e. The van der Waals surface area contributed by atoms with Crippen LogP contribution in [0.5, 0.6) is 0 Å². The lowest BCUT2D eigenvalue weighted by molar-refractivity contribution is 0.1000. The van der Waals surface area contributed by atoms with Crippen molar-refractivity contribution < 1.29 is 8.98 Å². The van der Waals surface area contributed by atoms with Gasteiger partial charge in [-0.05, 0) is 24.3 Å². The number of rotatable bonds is 4. The number of carbonyl (C=O) groups excluding carboxylic acids is 1. The molecule has 0 bridgehead atoms. The minimum atomic E-state index is -0.435. The number of hydrogen-bond donors (Lipinski definition) is 1. The molecule has 0 aliphatic carbocycles. The SMILES string of the molecule is NC(=O)c1ccc(SOCCl)cc1. The number of benzene rings is 1. The van der Waals surface area contributed by atoms with Crippen LogP contribution in [0.2, 0.25) is 0 Å². The topological polar surface area (TPSA) is 52.3 Å². The van der Waals surface area contributed by atoms with E-state index < -0.39 is 5.91 Å². The number of hydrogen-bond acceptors (Lipinski definition) is 3. The molecule has 0 saturated heterocycles. The number of nitrogens with two attached hydrogens (primary N) is 1. The van der Waals surface area contributed by atoms with Gasteiger partial charge in [-0.25, -0.2) is 0 Å². The molecular weight excluding hydrogens is 210 g/mol. The highest BCUT2D eigenvalue weighted by Gasteiger charge is 1.99. The Morgan fingerprint density at radius 2 is 2.08 bits per heavy atom. The van der Waals surface area contributed by atoms with Gasteiger partial charge in [0.05, 0.1) is 0 Å². The van der Waals surface area contributed by atoms with Gasteiger partial charge in [0, 0.05) is 22.5 Å². The van der Waals surface area contributed by atoms with Crippen molar-refractivity contribution in [2.75, 3.05) is 6.07 Å². The van der Waals surface area contributed by atoms with E-state index in [1.54, 1.807) is 24.3 Å². The van der Waals surface area contributed by atoms with E-state index in [1.165, 1.54) is 0 Å². The van der Waals surface area contributed by atoms with E-state index in [9.17, 15) is 4.79 Å². The van der Waals surface area contributed by atoms with Crippen molar-refractivity contribution >= 4 is 29.6 Å². The zero-order valence-corrected chi connectivity index (χ0v) is 8.27. The molecule has 0 radical (unpaired) electrons. The first kappa shape index (κ1) is 10.4. The molecule has 3 nitrogen and oxygen atoms in total.